The quantitative estimate of drug-likeness (QED) is 0.316. The molecule has 7 nitrogen and oxygen atoms in total. The number of nitrogens with one attached hydrogen (secondary N) is 1. The number of carbonyl (C=O) groups excluding carboxylic acids is 2. The average molecular weight is 498 g/mol. The van der Waals surface area contributed by atoms with E-state index < -0.39 is 23.6 Å². The lowest BCUT2D eigenvalue weighted by molar-refractivity contribution is -0.122. The molecule has 3 aromatic rings. The Morgan fingerprint density at radius 3 is 2.35 bits per heavy atom. The number of nitrogens with zero attached hydrogens (tertiary/aromatic N) is 2. The van der Waals surface area contributed by atoms with Gasteiger partial charge in [-0.2, -0.15) is 0 Å². The fourth-order valence-electron chi connectivity index (χ4n) is 3.76. The van der Waals surface area contributed by atoms with Crippen LogP contribution >= 0.6 is 23.8 Å². The van der Waals surface area contributed by atoms with Crippen LogP contribution < -0.4 is 10.2 Å². The van der Waals surface area contributed by atoms with Gasteiger partial charge < -0.3 is 9.67 Å². The number of aryl methyl sites for hydroxylation is 1. The molecule has 0 bridgehead atoms. The van der Waals surface area contributed by atoms with E-state index in [0.717, 1.165) is 28.0 Å². The van der Waals surface area contributed by atoms with E-state index in [1.165, 1.54) is 30.3 Å². The Morgan fingerprint density at radius 1 is 1.09 bits per heavy atom. The van der Waals surface area contributed by atoms with Crippen LogP contribution in [0.15, 0.2) is 54.1 Å². The van der Waals surface area contributed by atoms with E-state index in [4.69, 9.17) is 28.9 Å². The van der Waals surface area contributed by atoms with Crippen molar-refractivity contribution in [1.29, 1.82) is 0 Å². The van der Waals surface area contributed by atoms with Gasteiger partial charge in [0.2, 0.25) is 0 Å². The van der Waals surface area contributed by atoms with E-state index in [2.05, 4.69) is 5.32 Å². The monoisotopic (exact) mass is 497 g/mol. The summed E-state index contributed by atoms with van der Waals surface area (Å²) in [6, 6.07) is 11.9. The Bertz CT molecular complexity index is 1410. The van der Waals surface area contributed by atoms with Gasteiger partial charge in [0.1, 0.15) is 11.4 Å². The van der Waals surface area contributed by atoms with Crippen molar-refractivity contribution in [3.63, 3.8) is 0 Å². The van der Waals surface area contributed by atoms with E-state index in [1.807, 2.05) is 18.4 Å². The summed E-state index contributed by atoms with van der Waals surface area (Å²) < 4.78 is 15.5. The third kappa shape index (κ3) is 4.11. The molecule has 2 aromatic carbocycles. The molecule has 0 spiro atoms. The van der Waals surface area contributed by atoms with Crippen LogP contribution in [0.2, 0.25) is 5.02 Å². The molecule has 0 unspecified atom stereocenters. The van der Waals surface area contributed by atoms with Gasteiger partial charge >= 0.3 is 5.97 Å². The zero-order chi connectivity index (χ0) is 24.7. The lowest BCUT2D eigenvalue weighted by Gasteiger charge is -2.29. The molecule has 1 saturated heterocycles. The number of carboxylic acids is 1. The third-order valence-corrected chi connectivity index (χ3v) is 5.98. The highest BCUT2D eigenvalue weighted by molar-refractivity contribution is 7.80. The first-order chi connectivity index (χ1) is 16.1. The molecule has 2 N–H and O–H groups in total. The first kappa shape index (κ1) is 23.3. The summed E-state index contributed by atoms with van der Waals surface area (Å²) in [4.78, 5) is 38.1. The molecule has 0 aliphatic carbocycles. The minimum Gasteiger partial charge on any atom is -0.478 e. The standard InChI is InChI=1S/C24H17ClFN3O4S/c1-12-9-15(13(2)28(12)16-5-3-14(4-6-16)23(32)33)10-18-21(30)27-24(34)29(22(18)31)17-7-8-20(26)19(25)11-17/h3-11H,1-2H3,(H,32,33)(H,27,30,34)/b18-10-. The smallest absolute Gasteiger partial charge is 0.335 e. The van der Waals surface area contributed by atoms with E-state index in [0.29, 0.717) is 5.56 Å². The second-order valence-corrected chi connectivity index (χ2v) is 8.36. The van der Waals surface area contributed by atoms with E-state index >= 15 is 0 Å². The van der Waals surface area contributed by atoms with Crippen molar-refractivity contribution in [2.24, 2.45) is 0 Å². The molecule has 1 aromatic heterocycles. The fourth-order valence-corrected chi connectivity index (χ4v) is 4.21. The molecule has 172 valence electrons. The van der Waals surface area contributed by atoms with Gasteiger partial charge in [-0.3, -0.25) is 19.8 Å². The van der Waals surface area contributed by atoms with Crippen molar-refractivity contribution in [2.45, 2.75) is 13.8 Å². The van der Waals surface area contributed by atoms with Crippen LogP contribution in [0.4, 0.5) is 10.1 Å². The van der Waals surface area contributed by atoms with E-state index in [-0.39, 0.29) is 27.0 Å². The van der Waals surface area contributed by atoms with Crippen LogP contribution in [0.3, 0.4) is 0 Å². The molecular formula is C24H17ClFN3O4S. The number of rotatable bonds is 4. The number of carboxylic acid groups (broad SMARTS) is 1. The van der Waals surface area contributed by atoms with Gasteiger partial charge in [0.05, 0.1) is 16.3 Å². The highest BCUT2D eigenvalue weighted by Crippen LogP contribution is 2.28. The molecule has 1 aliphatic heterocycles. The second-order valence-electron chi connectivity index (χ2n) is 7.57. The zero-order valence-electron chi connectivity index (χ0n) is 17.9. The number of carbonyl (C=O) groups is 3. The largest absolute Gasteiger partial charge is 0.478 e. The first-order valence-electron chi connectivity index (χ1n) is 9.97. The van der Waals surface area contributed by atoms with Crippen molar-refractivity contribution in [3.05, 3.63) is 87.5 Å². The Kier molecular flexibility index (Phi) is 6.07. The zero-order valence-corrected chi connectivity index (χ0v) is 19.5. The maximum Gasteiger partial charge on any atom is 0.335 e. The fraction of sp³-hybridized carbons (Fsp3) is 0.0833. The molecule has 2 amide bonds. The predicted molar refractivity (Wildman–Crippen MR) is 130 cm³/mol. The van der Waals surface area contributed by atoms with Crippen LogP contribution in [-0.4, -0.2) is 32.6 Å². The van der Waals surface area contributed by atoms with Gasteiger partial charge in [0.25, 0.3) is 11.8 Å². The van der Waals surface area contributed by atoms with Gasteiger partial charge in [-0.15, -0.1) is 0 Å². The van der Waals surface area contributed by atoms with Crippen molar-refractivity contribution in [3.8, 4) is 5.69 Å². The normalized spacial score (nSPS) is 15.1. The summed E-state index contributed by atoms with van der Waals surface area (Å²) in [5, 5.41) is 11.3. The number of amides is 2. The summed E-state index contributed by atoms with van der Waals surface area (Å²) in [6.07, 6.45) is 1.46. The molecule has 0 radical (unpaired) electrons. The van der Waals surface area contributed by atoms with Gasteiger partial charge in [0, 0.05) is 17.1 Å². The van der Waals surface area contributed by atoms with Crippen molar-refractivity contribution in [1.82, 2.24) is 9.88 Å². The highest BCUT2D eigenvalue weighted by Gasteiger charge is 2.35. The number of benzene rings is 2. The Labute approximate surface area is 204 Å². The van der Waals surface area contributed by atoms with Crippen LogP contribution in [0.1, 0.15) is 27.3 Å². The van der Waals surface area contributed by atoms with E-state index in [9.17, 15) is 18.8 Å². The van der Waals surface area contributed by atoms with Crippen LogP contribution in [0.25, 0.3) is 11.8 Å². The number of aromatic nitrogens is 1. The number of halogens is 2. The van der Waals surface area contributed by atoms with Gasteiger partial charge in [0.15, 0.2) is 5.11 Å². The van der Waals surface area contributed by atoms with Gasteiger partial charge in [-0.25, -0.2) is 9.18 Å². The topological polar surface area (TPSA) is 91.6 Å². The lowest BCUT2D eigenvalue weighted by Crippen LogP contribution is -2.54. The predicted octanol–water partition coefficient (Wildman–Crippen LogP) is 4.42. The van der Waals surface area contributed by atoms with Crippen molar-refractivity contribution in [2.75, 3.05) is 4.90 Å². The SMILES string of the molecule is Cc1cc(/C=C2/C(=O)NC(=S)N(c3ccc(F)c(Cl)c3)C2=O)c(C)n1-c1ccc(C(=O)O)cc1. The number of thiocarbonyl (C=S) groups is 1. The summed E-state index contributed by atoms with van der Waals surface area (Å²) in [7, 11) is 0. The summed E-state index contributed by atoms with van der Waals surface area (Å²) >= 11 is 11.0. The second kappa shape index (κ2) is 8.85. The van der Waals surface area contributed by atoms with Crippen LogP contribution in [0, 0.1) is 19.7 Å². The van der Waals surface area contributed by atoms with Crippen molar-refractivity contribution < 1.29 is 23.9 Å². The molecular weight excluding hydrogens is 481 g/mol. The van der Waals surface area contributed by atoms with Crippen molar-refractivity contribution >= 4 is 58.5 Å². The minimum atomic E-state index is -1.02. The molecule has 10 heteroatoms. The number of hydrogen-bond donors (Lipinski definition) is 2. The van der Waals surface area contributed by atoms with E-state index in [1.54, 1.807) is 18.2 Å². The molecule has 2 heterocycles. The van der Waals surface area contributed by atoms with Crippen LogP contribution in [-0.2, 0) is 9.59 Å². The Morgan fingerprint density at radius 2 is 1.74 bits per heavy atom. The Hall–Kier alpha value is -3.82. The average Bonchev–Trinajstić information content (AvgIpc) is 3.06. The number of anilines is 1. The molecule has 0 atom stereocenters. The number of hydrogen-bond acceptors (Lipinski definition) is 4. The third-order valence-electron chi connectivity index (χ3n) is 5.41. The highest BCUT2D eigenvalue weighted by atomic mass is 35.5. The molecule has 1 aliphatic rings. The first-order valence-corrected chi connectivity index (χ1v) is 10.8. The molecule has 0 saturated carbocycles. The van der Waals surface area contributed by atoms with Gasteiger partial charge in [-0.05, 0) is 86.2 Å². The lowest BCUT2D eigenvalue weighted by atomic mass is 10.1. The van der Waals surface area contributed by atoms with Crippen LogP contribution in [0.5, 0.6) is 0 Å². The Balaban J connectivity index is 1.74. The molecule has 4 rings (SSSR count). The number of aromatic carboxylic acids is 1. The maximum absolute atomic E-state index is 13.6. The summed E-state index contributed by atoms with van der Waals surface area (Å²) in [6.45, 7) is 3.67. The summed E-state index contributed by atoms with van der Waals surface area (Å²) in [5.41, 5.74) is 3.12. The summed E-state index contributed by atoms with van der Waals surface area (Å²) in [5.74, 6) is -3.00. The maximum atomic E-state index is 13.6. The minimum absolute atomic E-state index is 0.140. The molecule has 34 heavy (non-hydrogen) atoms. The van der Waals surface area contributed by atoms with Gasteiger partial charge in [-0.1, -0.05) is 11.6 Å². The molecule has 1 fully saturated rings.